The molecule has 0 spiro atoms. The lowest BCUT2D eigenvalue weighted by Gasteiger charge is -2.20. The molecule has 116 valence electrons. The molecule has 1 rings (SSSR count). The first-order valence-electron chi connectivity index (χ1n) is 6.45. The Kier molecular flexibility index (Phi) is 7.47. The molecule has 1 atom stereocenters. The summed E-state index contributed by atoms with van der Waals surface area (Å²) in [6.07, 6.45) is -2.16. The van der Waals surface area contributed by atoms with Gasteiger partial charge in [0.2, 0.25) is 0 Å². The van der Waals surface area contributed by atoms with Gasteiger partial charge in [-0.1, -0.05) is 13.0 Å². The maximum Gasteiger partial charge on any atom is 0.330 e. The molecule has 20 heavy (non-hydrogen) atoms. The highest BCUT2D eigenvalue weighted by molar-refractivity contribution is 7.09. The Hall–Kier alpha value is -0.660. The standard InChI is InChI=1S/C13H19F4NOS/c1-2-5-18-10(7-11-4-3-6-20-11)8-19-9-13(16,17)12(14)15/h3-4,6,10,12,18H,2,5,7-9H2,1H3. The van der Waals surface area contributed by atoms with Gasteiger partial charge in [-0.25, -0.2) is 8.78 Å². The number of hydrogen-bond donors (Lipinski definition) is 1. The van der Waals surface area contributed by atoms with E-state index in [1.165, 1.54) is 0 Å². The molecule has 0 saturated carbocycles. The summed E-state index contributed by atoms with van der Waals surface area (Å²) < 4.78 is 54.2. The number of halogens is 4. The van der Waals surface area contributed by atoms with E-state index in [9.17, 15) is 17.6 Å². The first kappa shape index (κ1) is 17.4. The molecule has 1 N–H and O–H groups in total. The number of ether oxygens (including phenoxy) is 1. The molecular formula is C13H19F4NOS. The zero-order valence-electron chi connectivity index (χ0n) is 11.3. The maximum absolute atomic E-state index is 12.7. The third kappa shape index (κ3) is 6.19. The van der Waals surface area contributed by atoms with Gasteiger partial charge in [0, 0.05) is 10.9 Å². The minimum Gasteiger partial charge on any atom is -0.373 e. The molecule has 1 aromatic heterocycles. The van der Waals surface area contributed by atoms with Gasteiger partial charge in [0.1, 0.15) is 6.61 Å². The van der Waals surface area contributed by atoms with Crippen molar-refractivity contribution in [3.05, 3.63) is 22.4 Å². The Balaban J connectivity index is 2.40. The van der Waals surface area contributed by atoms with Gasteiger partial charge < -0.3 is 10.1 Å². The van der Waals surface area contributed by atoms with E-state index < -0.39 is 19.0 Å². The van der Waals surface area contributed by atoms with Crippen molar-refractivity contribution in [1.82, 2.24) is 5.32 Å². The van der Waals surface area contributed by atoms with Crippen LogP contribution >= 0.6 is 11.3 Å². The van der Waals surface area contributed by atoms with E-state index in [-0.39, 0.29) is 12.6 Å². The van der Waals surface area contributed by atoms with E-state index >= 15 is 0 Å². The highest BCUT2D eigenvalue weighted by Gasteiger charge is 2.41. The molecule has 7 heteroatoms. The summed E-state index contributed by atoms with van der Waals surface area (Å²) in [6, 6.07) is 3.70. The normalized spacial score (nSPS) is 13.9. The number of alkyl halides is 4. The summed E-state index contributed by atoms with van der Waals surface area (Å²) in [6.45, 7) is 1.45. The Labute approximate surface area is 120 Å². The van der Waals surface area contributed by atoms with Crippen molar-refractivity contribution in [3.63, 3.8) is 0 Å². The highest BCUT2D eigenvalue weighted by Crippen LogP contribution is 2.23. The lowest BCUT2D eigenvalue weighted by Crippen LogP contribution is -2.39. The van der Waals surface area contributed by atoms with Crippen LogP contribution in [0.5, 0.6) is 0 Å². The molecule has 0 aromatic carbocycles. The van der Waals surface area contributed by atoms with Crippen molar-refractivity contribution in [1.29, 1.82) is 0 Å². The third-order valence-corrected chi connectivity index (χ3v) is 3.54. The summed E-state index contributed by atoms with van der Waals surface area (Å²) in [5.41, 5.74) is 0. The summed E-state index contributed by atoms with van der Waals surface area (Å²) in [5.74, 6) is -4.09. The van der Waals surface area contributed by atoms with Gasteiger partial charge in [-0.3, -0.25) is 0 Å². The number of rotatable bonds is 10. The SMILES string of the molecule is CCCNC(COCC(F)(F)C(F)F)Cc1cccs1. The van der Waals surface area contributed by atoms with E-state index in [2.05, 4.69) is 5.32 Å². The number of nitrogens with one attached hydrogen (secondary N) is 1. The lowest BCUT2D eigenvalue weighted by molar-refractivity contribution is -0.167. The monoisotopic (exact) mass is 313 g/mol. The third-order valence-electron chi connectivity index (χ3n) is 2.64. The molecule has 0 aliphatic rings. The fourth-order valence-corrected chi connectivity index (χ4v) is 2.40. The summed E-state index contributed by atoms with van der Waals surface area (Å²) in [4.78, 5) is 1.10. The highest BCUT2D eigenvalue weighted by atomic mass is 32.1. The van der Waals surface area contributed by atoms with E-state index in [0.29, 0.717) is 6.42 Å². The Morgan fingerprint density at radius 2 is 2.15 bits per heavy atom. The van der Waals surface area contributed by atoms with Crippen molar-refractivity contribution in [2.24, 2.45) is 0 Å². The first-order chi connectivity index (χ1) is 9.45. The van der Waals surface area contributed by atoms with E-state index in [4.69, 9.17) is 4.74 Å². The molecule has 1 aromatic rings. The molecule has 0 saturated heterocycles. The molecule has 0 bridgehead atoms. The van der Waals surface area contributed by atoms with Crippen molar-refractivity contribution < 1.29 is 22.3 Å². The minimum atomic E-state index is -4.09. The van der Waals surface area contributed by atoms with Crippen molar-refractivity contribution in [3.8, 4) is 0 Å². The van der Waals surface area contributed by atoms with E-state index in [1.807, 2.05) is 24.4 Å². The number of hydrogen-bond acceptors (Lipinski definition) is 3. The smallest absolute Gasteiger partial charge is 0.330 e. The molecule has 0 aliphatic carbocycles. The van der Waals surface area contributed by atoms with Gasteiger partial charge >= 0.3 is 12.3 Å². The van der Waals surface area contributed by atoms with Gasteiger partial charge in [-0.05, 0) is 30.8 Å². The second-order valence-electron chi connectivity index (χ2n) is 4.51. The van der Waals surface area contributed by atoms with Gasteiger partial charge in [0.25, 0.3) is 0 Å². The largest absolute Gasteiger partial charge is 0.373 e. The van der Waals surface area contributed by atoms with Crippen LogP contribution in [0.15, 0.2) is 17.5 Å². The van der Waals surface area contributed by atoms with E-state index in [1.54, 1.807) is 11.3 Å². The van der Waals surface area contributed by atoms with Gasteiger partial charge in [-0.2, -0.15) is 8.78 Å². The maximum atomic E-state index is 12.7. The predicted octanol–water partition coefficient (Wildman–Crippen LogP) is 3.58. The molecule has 1 unspecified atom stereocenters. The fourth-order valence-electron chi connectivity index (χ4n) is 1.61. The molecule has 0 amide bonds. The van der Waals surface area contributed by atoms with Crippen molar-refractivity contribution in [2.45, 2.75) is 38.2 Å². The summed E-state index contributed by atoms with van der Waals surface area (Å²) >= 11 is 1.56. The zero-order chi connectivity index (χ0) is 15.0. The van der Waals surface area contributed by atoms with Crippen LogP contribution in [0, 0.1) is 0 Å². The van der Waals surface area contributed by atoms with Crippen LogP contribution < -0.4 is 5.32 Å². The van der Waals surface area contributed by atoms with E-state index in [0.717, 1.165) is 17.8 Å². The topological polar surface area (TPSA) is 21.3 Å². The van der Waals surface area contributed by atoms with Gasteiger partial charge in [-0.15, -0.1) is 11.3 Å². The molecule has 0 fully saturated rings. The lowest BCUT2D eigenvalue weighted by atomic mass is 10.2. The van der Waals surface area contributed by atoms with Gasteiger partial charge in [0.15, 0.2) is 0 Å². The molecule has 1 heterocycles. The van der Waals surface area contributed by atoms with Crippen LogP contribution in [0.1, 0.15) is 18.2 Å². The van der Waals surface area contributed by atoms with Crippen molar-refractivity contribution in [2.75, 3.05) is 19.8 Å². The van der Waals surface area contributed by atoms with Crippen LogP contribution in [-0.4, -0.2) is 38.1 Å². The molecule has 0 radical (unpaired) electrons. The predicted molar refractivity (Wildman–Crippen MR) is 71.9 cm³/mol. The minimum absolute atomic E-state index is 0.0137. The average molecular weight is 313 g/mol. The fraction of sp³-hybridized carbons (Fsp3) is 0.692. The van der Waals surface area contributed by atoms with Crippen LogP contribution in [0.3, 0.4) is 0 Å². The second kappa shape index (κ2) is 8.59. The number of thiophene rings is 1. The second-order valence-corrected chi connectivity index (χ2v) is 5.54. The van der Waals surface area contributed by atoms with Crippen LogP contribution in [0.4, 0.5) is 17.6 Å². The van der Waals surface area contributed by atoms with Crippen LogP contribution in [0.2, 0.25) is 0 Å². The van der Waals surface area contributed by atoms with Crippen molar-refractivity contribution >= 4 is 11.3 Å². The Morgan fingerprint density at radius 1 is 1.40 bits per heavy atom. The Bertz CT molecular complexity index is 359. The quantitative estimate of drug-likeness (QED) is 0.667. The van der Waals surface area contributed by atoms with Crippen LogP contribution in [-0.2, 0) is 11.2 Å². The Morgan fingerprint density at radius 3 is 2.70 bits per heavy atom. The molecular weight excluding hydrogens is 294 g/mol. The molecule has 0 aliphatic heterocycles. The van der Waals surface area contributed by atoms with Crippen LogP contribution in [0.25, 0.3) is 0 Å². The zero-order valence-corrected chi connectivity index (χ0v) is 12.1. The summed E-state index contributed by atoms with van der Waals surface area (Å²) in [7, 11) is 0. The first-order valence-corrected chi connectivity index (χ1v) is 7.33. The van der Waals surface area contributed by atoms with Gasteiger partial charge in [0.05, 0.1) is 6.61 Å². The summed E-state index contributed by atoms with van der Waals surface area (Å²) in [5, 5.41) is 5.10. The average Bonchev–Trinajstić information content (AvgIpc) is 2.88. The molecule has 2 nitrogen and oxygen atoms in total.